The number of benzene rings is 1. The van der Waals surface area contributed by atoms with Crippen molar-refractivity contribution >= 4 is 45.8 Å². The Morgan fingerprint density at radius 1 is 1.28 bits per heavy atom. The number of anilines is 2. The second kappa shape index (κ2) is 8.06. The highest BCUT2D eigenvalue weighted by atomic mass is 35.5. The van der Waals surface area contributed by atoms with Crippen molar-refractivity contribution in [3.63, 3.8) is 0 Å². The highest BCUT2D eigenvalue weighted by molar-refractivity contribution is 7.91. The van der Waals surface area contributed by atoms with Crippen LogP contribution in [0, 0.1) is 5.41 Å². The molecular formula is C20H21ClN6OS. The van der Waals surface area contributed by atoms with E-state index in [1.54, 1.807) is 19.2 Å². The summed E-state index contributed by atoms with van der Waals surface area (Å²) >= 11 is 5.69. The molecule has 0 aliphatic carbocycles. The first-order valence-electron chi connectivity index (χ1n) is 9.20. The zero-order chi connectivity index (χ0) is 20.5. The molecule has 29 heavy (non-hydrogen) atoms. The van der Waals surface area contributed by atoms with Crippen LogP contribution in [0.15, 0.2) is 52.9 Å². The summed E-state index contributed by atoms with van der Waals surface area (Å²) < 4.78 is 11.7. The largest absolute Gasteiger partial charge is 0.616 e. The first-order valence-corrected chi connectivity index (χ1v) is 11.1. The van der Waals surface area contributed by atoms with Crippen molar-refractivity contribution in [1.29, 1.82) is 5.41 Å². The second-order valence-corrected chi connectivity index (χ2v) is 9.00. The summed E-state index contributed by atoms with van der Waals surface area (Å²) in [7, 11) is 0. The molecule has 2 aliphatic rings. The summed E-state index contributed by atoms with van der Waals surface area (Å²) in [5.41, 5.74) is 9.61. The van der Waals surface area contributed by atoms with Crippen LogP contribution in [-0.4, -0.2) is 45.7 Å². The number of aliphatic imine (C=N–C) groups is 1. The fourth-order valence-electron chi connectivity index (χ4n) is 3.34. The molecular weight excluding hydrogens is 408 g/mol. The van der Waals surface area contributed by atoms with E-state index in [1.807, 2.05) is 24.3 Å². The van der Waals surface area contributed by atoms with Gasteiger partial charge in [0.1, 0.15) is 23.0 Å². The third-order valence-electron chi connectivity index (χ3n) is 4.87. The van der Waals surface area contributed by atoms with E-state index in [0.29, 0.717) is 52.4 Å². The average molecular weight is 429 g/mol. The normalized spacial score (nSPS) is 19.2. The van der Waals surface area contributed by atoms with E-state index in [9.17, 15) is 4.55 Å². The van der Waals surface area contributed by atoms with Crippen molar-refractivity contribution < 1.29 is 4.55 Å². The Labute approximate surface area is 177 Å². The molecule has 0 amide bonds. The van der Waals surface area contributed by atoms with Gasteiger partial charge >= 0.3 is 0 Å². The minimum atomic E-state index is -0.761. The van der Waals surface area contributed by atoms with Gasteiger partial charge in [-0.1, -0.05) is 41.0 Å². The van der Waals surface area contributed by atoms with E-state index in [4.69, 9.17) is 22.7 Å². The number of pyridine rings is 1. The second-order valence-electron chi connectivity index (χ2n) is 6.90. The topological polar surface area (TPSA) is 113 Å². The molecule has 0 spiro atoms. The lowest BCUT2D eigenvalue weighted by atomic mass is 10.0. The van der Waals surface area contributed by atoms with E-state index < -0.39 is 11.2 Å². The standard InChI is InChI=1S/C20H21ClN6OS/c1-12(22)18-20(23)25-16-10-17(27-6-8-29(28)9-7-27)24-11-14(16)19(26-18)13-4-2-3-5-15(13)21/h2-5,10-11H,6-9,22H2,1H3,(H2,23,25)/b18-12+. The van der Waals surface area contributed by atoms with Gasteiger partial charge in [-0.2, -0.15) is 0 Å². The predicted octanol–water partition coefficient (Wildman–Crippen LogP) is 2.73. The molecule has 1 aromatic carbocycles. The maximum Gasteiger partial charge on any atom is 0.150 e. The van der Waals surface area contributed by atoms with Crippen LogP contribution >= 0.6 is 11.6 Å². The third kappa shape index (κ3) is 3.96. The lowest BCUT2D eigenvalue weighted by Crippen LogP contribution is -2.40. The fraction of sp³-hybridized carbons (Fsp3) is 0.250. The maximum absolute atomic E-state index is 11.7. The fourth-order valence-corrected chi connectivity index (χ4v) is 4.62. The third-order valence-corrected chi connectivity index (χ3v) is 6.47. The first-order chi connectivity index (χ1) is 13.9. The lowest BCUT2D eigenvalue weighted by Gasteiger charge is -2.29. The molecule has 1 fully saturated rings. The van der Waals surface area contributed by atoms with Crippen molar-refractivity contribution in [2.24, 2.45) is 10.7 Å². The van der Waals surface area contributed by atoms with Gasteiger partial charge in [0.25, 0.3) is 0 Å². The highest BCUT2D eigenvalue weighted by Crippen LogP contribution is 2.31. The number of rotatable bonds is 2. The Hall–Kier alpha value is -2.55. The Morgan fingerprint density at radius 2 is 2.00 bits per heavy atom. The van der Waals surface area contributed by atoms with Crippen LogP contribution < -0.4 is 16.0 Å². The summed E-state index contributed by atoms with van der Waals surface area (Å²) in [6, 6.07) is 9.34. The minimum absolute atomic E-state index is 0.116. The predicted molar refractivity (Wildman–Crippen MR) is 120 cm³/mol. The molecule has 1 saturated heterocycles. The molecule has 2 aromatic rings. The monoisotopic (exact) mass is 428 g/mol. The van der Waals surface area contributed by atoms with Crippen LogP contribution in [0.25, 0.3) is 0 Å². The van der Waals surface area contributed by atoms with Crippen LogP contribution in [0.5, 0.6) is 0 Å². The SMILES string of the molecule is C/C(N)=C1\N=C(c2ccccc2Cl)c2cnc(N3CC[S+]([O-])CC3)cc2NC1=N. The summed E-state index contributed by atoms with van der Waals surface area (Å²) in [6.45, 7) is 3.09. The molecule has 0 saturated carbocycles. The van der Waals surface area contributed by atoms with Gasteiger partial charge in [0, 0.05) is 34.1 Å². The summed E-state index contributed by atoms with van der Waals surface area (Å²) in [6.07, 6.45) is 1.74. The quantitative estimate of drug-likeness (QED) is 0.636. The Morgan fingerprint density at radius 3 is 2.69 bits per heavy atom. The van der Waals surface area contributed by atoms with E-state index in [-0.39, 0.29) is 5.84 Å². The molecule has 2 aliphatic heterocycles. The number of nitrogens with zero attached hydrogens (tertiary/aromatic N) is 3. The van der Waals surface area contributed by atoms with Gasteiger partial charge in [-0.05, 0) is 13.0 Å². The number of hydrogen-bond donors (Lipinski definition) is 3. The summed E-state index contributed by atoms with van der Waals surface area (Å²) in [4.78, 5) is 11.4. The molecule has 0 atom stereocenters. The van der Waals surface area contributed by atoms with E-state index in [1.165, 1.54) is 0 Å². The van der Waals surface area contributed by atoms with Crippen molar-refractivity contribution in [1.82, 2.24) is 4.98 Å². The van der Waals surface area contributed by atoms with Gasteiger partial charge in [0.15, 0.2) is 5.84 Å². The summed E-state index contributed by atoms with van der Waals surface area (Å²) in [5, 5.41) is 12.1. The number of nitrogens with two attached hydrogens (primary N) is 1. The molecule has 3 heterocycles. The Kier molecular flexibility index (Phi) is 5.49. The molecule has 9 heteroatoms. The average Bonchev–Trinajstić information content (AvgIpc) is 2.84. The Balaban J connectivity index is 1.83. The number of fused-ring (bicyclic) bond motifs is 1. The van der Waals surface area contributed by atoms with E-state index in [0.717, 1.165) is 16.9 Å². The molecule has 0 unspecified atom stereocenters. The molecule has 0 radical (unpaired) electrons. The smallest absolute Gasteiger partial charge is 0.150 e. The zero-order valence-corrected chi connectivity index (χ0v) is 17.5. The van der Waals surface area contributed by atoms with Crippen LogP contribution in [0.3, 0.4) is 0 Å². The zero-order valence-electron chi connectivity index (χ0n) is 15.9. The number of halogens is 1. The van der Waals surface area contributed by atoms with Gasteiger partial charge in [0.05, 0.1) is 24.5 Å². The van der Waals surface area contributed by atoms with E-state index in [2.05, 4.69) is 20.2 Å². The summed E-state index contributed by atoms with van der Waals surface area (Å²) in [5.74, 6) is 2.16. The van der Waals surface area contributed by atoms with Gasteiger partial charge in [-0.25, -0.2) is 9.98 Å². The lowest BCUT2D eigenvalue weighted by molar-refractivity contribution is 0.585. The number of amidine groups is 1. The van der Waals surface area contributed by atoms with Crippen molar-refractivity contribution in [3.05, 3.63) is 64.1 Å². The van der Waals surface area contributed by atoms with Crippen molar-refractivity contribution in [3.8, 4) is 0 Å². The number of nitrogens with one attached hydrogen (secondary N) is 2. The molecule has 4 rings (SSSR count). The van der Waals surface area contributed by atoms with Gasteiger partial charge < -0.3 is 20.5 Å². The van der Waals surface area contributed by atoms with Gasteiger partial charge in [0.2, 0.25) is 0 Å². The minimum Gasteiger partial charge on any atom is -0.616 e. The molecule has 1 aromatic heterocycles. The van der Waals surface area contributed by atoms with Gasteiger partial charge in [-0.3, -0.25) is 5.41 Å². The van der Waals surface area contributed by atoms with Crippen LogP contribution in [0.2, 0.25) is 5.02 Å². The van der Waals surface area contributed by atoms with Crippen LogP contribution in [0.4, 0.5) is 11.5 Å². The molecule has 7 nitrogen and oxygen atoms in total. The van der Waals surface area contributed by atoms with E-state index >= 15 is 0 Å². The molecule has 4 N–H and O–H groups in total. The van der Waals surface area contributed by atoms with Crippen LogP contribution in [-0.2, 0) is 11.2 Å². The van der Waals surface area contributed by atoms with Crippen molar-refractivity contribution in [2.75, 3.05) is 34.8 Å². The molecule has 150 valence electrons. The number of allylic oxidation sites excluding steroid dienone is 1. The maximum atomic E-state index is 11.7. The highest BCUT2D eigenvalue weighted by Gasteiger charge is 2.25. The first kappa shape index (κ1) is 19.8. The van der Waals surface area contributed by atoms with Gasteiger partial charge in [-0.15, -0.1) is 0 Å². The Bertz CT molecular complexity index is 1030. The van der Waals surface area contributed by atoms with Crippen LogP contribution in [0.1, 0.15) is 18.1 Å². The number of hydrogen-bond acceptors (Lipinski definition) is 6. The van der Waals surface area contributed by atoms with Crippen molar-refractivity contribution in [2.45, 2.75) is 6.92 Å². The number of aromatic nitrogens is 1. The molecule has 0 bridgehead atoms.